The second-order valence-electron chi connectivity index (χ2n) is 11.7. The number of pyridine rings is 1. The predicted octanol–water partition coefficient (Wildman–Crippen LogP) is 6.03. The molecule has 2 N–H and O–H groups in total. The van der Waals surface area contributed by atoms with Crippen LogP contribution in [0.25, 0.3) is 0 Å². The van der Waals surface area contributed by atoms with Gasteiger partial charge in [0.2, 0.25) is 0 Å². The fourth-order valence-electron chi connectivity index (χ4n) is 4.75. The summed E-state index contributed by atoms with van der Waals surface area (Å²) >= 11 is 12.2. The molecule has 1 aliphatic rings. The number of halogens is 5. The fraction of sp³-hybridized carbons (Fsp3) is 0.607. The highest BCUT2D eigenvalue weighted by atomic mass is 35.5. The number of nitrogens with zero attached hydrogens (tertiary/aromatic N) is 3. The fourth-order valence-corrected chi connectivity index (χ4v) is 5.33. The second kappa shape index (κ2) is 13.7. The van der Waals surface area contributed by atoms with Gasteiger partial charge >= 0.3 is 12.1 Å². The van der Waals surface area contributed by atoms with Gasteiger partial charge in [-0.1, -0.05) is 23.2 Å². The Hall–Kier alpha value is -2.70. The molecule has 1 aliphatic carbocycles. The molecule has 1 atom stereocenters. The quantitative estimate of drug-likeness (QED) is 0.172. The number of carbonyl (C=O) groups is 3. The largest absolute Gasteiger partial charge is 0.481 e. The number of carboxylic acids is 1. The van der Waals surface area contributed by atoms with Crippen LogP contribution in [-0.4, -0.2) is 87.8 Å². The first-order valence-corrected chi connectivity index (χ1v) is 14.0. The number of hydrogen-bond donors (Lipinski definition) is 2. The molecule has 1 amide bonds. The van der Waals surface area contributed by atoms with E-state index in [9.17, 15) is 32.7 Å². The SMILES string of the molecule is CC(COC(C)(C)C)N(CC(=O)c1c(Cl)cncc1Cl)C(=O)C(C=N)=C(N(C)C1CCC(C)(C(=O)O)CC1)C(F)(F)F. The number of ether oxygens (including phenoxy) is 1. The van der Waals surface area contributed by atoms with Crippen LogP contribution in [0.3, 0.4) is 0 Å². The van der Waals surface area contributed by atoms with Gasteiger partial charge in [0.05, 0.1) is 51.4 Å². The lowest BCUT2D eigenvalue weighted by atomic mass is 9.73. The van der Waals surface area contributed by atoms with Crippen molar-refractivity contribution in [2.24, 2.45) is 5.41 Å². The third-order valence-corrected chi connectivity index (χ3v) is 7.94. The zero-order valence-electron chi connectivity index (χ0n) is 24.4. The number of hydrogen-bond acceptors (Lipinski definition) is 7. The highest BCUT2D eigenvalue weighted by Crippen LogP contribution is 2.41. The Morgan fingerprint density at radius 1 is 1.19 bits per heavy atom. The molecular weight excluding hydrogens is 600 g/mol. The number of amides is 1. The summed E-state index contributed by atoms with van der Waals surface area (Å²) in [5.41, 5.74) is -4.19. The molecule has 0 saturated heterocycles. The first kappa shape index (κ1) is 35.5. The molecule has 1 heterocycles. The van der Waals surface area contributed by atoms with Gasteiger partial charge in [-0.3, -0.25) is 19.4 Å². The van der Waals surface area contributed by atoms with Gasteiger partial charge in [-0.15, -0.1) is 0 Å². The molecule has 2 rings (SSSR count). The number of rotatable bonds is 11. The van der Waals surface area contributed by atoms with Gasteiger partial charge in [-0.05, 0) is 60.3 Å². The molecular formula is C28H37Cl2F3N4O5. The molecule has 0 aliphatic heterocycles. The van der Waals surface area contributed by atoms with Crippen LogP contribution >= 0.6 is 23.2 Å². The summed E-state index contributed by atoms with van der Waals surface area (Å²) in [6.07, 6.45) is -1.81. The van der Waals surface area contributed by atoms with Crippen LogP contribution in [0.5, 0.6) is 0 Å². The molecule has 1 fully saturated rings. The summed E-state index contributed by atoms with van der Waals surface area (Å²) in [6, 6.07) is -1.64. The number of alkyl halides is 3. The number of carboxylic acid groups (broad SMARTS) is 1. The van der Waals surface area contributed by atoms with E-state index in [0.29, 0.717) is 6.21 Å². The lowest BCUT2D eigenvalue weighted by Crippen LogP contribution is -2.48. The molecule has 9 nitrogen and oxygen atoms in total. The van der Waals surface area contributed by atoms with E-state index in [1.54, 1.807) is 27.7 Å². The van der Waals surface area contributed by atoms with Crippen LogP contribution in [0.4, 0.5) is 13.2 Å². The van der Waals surface area contributed by atoms with Crippen molar-refractivity contribution in [1.82, 2.24) is 14.8 Å². The maximum atomic E-state index is 14.6. The molecule has 0 bridgehead atoms. The van der Waals surface area contributed by atoms with Gasteiger partial charge in [0.1, 0.15) is 5.70 Å². The number of allylic oxidation sites excluding steroid dienone is 1. The van der Waals surface area contributed by atoms with Gasteiger partial charge in [0.25, 0.3) is 5.91 Å². The van der Waals surface area contributed by atoms with Crippen molar-refractivity contribution < 1.29 is 37.4 Å². The molecule has 1 aromatic heterocycles. The third kappa shape index (κ3) is 8.67. The predicted molar refractivity (Wildman–Crippen MR) is 153 cm³/mol. The van der Waals surface area contributed by atoms with Crippen LogP contribution < -0.4 is 0 Å². The maximum absolute atomic E-state index is 14.6. The Balaban J connectivity index is 2.56. The van der Waals surface area contributed by atoms with Crippen molar-refractivity contribution >= 4 is 47.1 Å². The highest BCUT2D eigenvalue weighted by Gasteiger charge is 2.46. The van der Waals surface area contributed by atoms with Gasteiger partial charge in [0.15, 0.2) is 5.78 Å². The van der Waals surface area contributed by atoms with Crippen molar-refractivity contribution in [3.8, 4) is 0 Å². The Bertz CT molecular complexity index is 1200. The molecule has 14 heteroatoms. The van der Waals surface area contributed by atoms with Crippen LogP contribution in [0.2, 0.25) is 10.0 Å². The smallest absolute Gasteiger partial charge is 0.431 e. The zero-order chi connectivity index (χ0) is 32.2. The molecule has 0 aromatic carbocycles. The van der Waals surface area contributed by atoms with E-state index in [2.05, 4.69) is 4.98 Å². The first-order chi connectivity index (χ1) is 19.2. The summed E-state index contributed by atoms with van der Waals surface area (Å²) < 4.78 is 49.6. The molecule has 0 spiro atoms. The molecule has 234 valence electrons. The lowest BCUT2D eigenvalue weighted by Gasteiger charge is -2.41. The molecule has 1 saturated carbocycles. The first-order valence-electron chi connectivity index (χ1n) is 13.3. The third-order valence-electron chi connectivity index (χ3n) is 7.37. The number of aromatic nitrogens is 1. The van der Waals surface area contributed by atoms with Crippen LogP contribution in [0.15, 0.2) is 23.7 Å². The van der Waals surface area contributed by atoms with E-state index >= 15 is 0 Å². The molecule has 42 heavy (non-hydrogen) atoms. The number of carbonyl (C=O) groups excluding carboxylic acids is 2. The zero-order valence-corrected chi connectivity index (χ0v) is 26.0. The second-order valence-corrected chi connectivity index (χ2v) is 12.5. The van der Waals surface area contributed by atoms with Crippen molar-refractivity contribution in [3.63, 3.8) is 0 Å². The standard InChI is InChI=1S/C28H37Cl2F3N4O5/c1-16(15-42-26(2,3)4)37(14-21(38)22-19(29)12-35-13-20(22)30)24(39)18(11-34)23(28(31,32)33)36(6)17-7-9-27(5,10-8-17)25(40)41/h11-13,16-17,34H,7-10,14-15H2,1-6H3,(H,40,41). The van der Waals surface area contributed by atoms with Gasteiger partial charge in [-0.25, -0.2) is 0 Å². The number of Topliss-reactive ketones (excluding diaryl/α,β-unsaturated/α-hetero) is 1. The maximum Gasteiger partial charge on any atom is 0.431 e. The van der Waals surface area contributed by atoms with Gasteiger partial charge < -0.3 is 25.1 Å². The van der Waals surface area contributed by atoms with Crippen molar-refractivity contribution in [2.45, 2.75) is 84.2 Å². The van der Waals surface area contributed by atoms with E-state index in [1.807, 2.05) is 0 Å². The molecule has 0 radical (unpaired) electrons. The minimum Gasteiger partial charge on any atom is -0.481 e. The summed E-state index contributed by atoms with van der Waals surface area (Å²) in [6.45, 7) is 7.50. The number of nitrogens with one attached hydrogen (secondary N) is 1. The van der Waals surface area contributed by atoms with E-state index in [4.69, 9.17) is 33.3 Å². The monoisotopic (exact) mass is 636 g/mol. The van der Waals surface area contributed by atoms with Crippen molar-refractivity contribution in [2.75, 3.05) is 20.2 Å². The van der Waals surface area contributed by atoms with Crippen LogP contribution in [0.1, 0.15) is 70.7 Å². The lowest BCUT2D eigenvalue weighted by molar-refractivity contribution is -0.151. The topological polar surface area (TPSA) is 124 Å². The summed E-state index contributed by atoms with van der Waals surface area (Å²) in [4.78, 5) is 44.4. The van der Waals surface area contributed by atoms with Crippen molar-refractivity contribution in [3.05, 3.63) is 39.3 Å². The normalized spacial score (nSPS) is 20.8. The Morgan fingerprint density at radius 2 is 1.71 bits per heavy atom. The summed E-state index contributed by atoms with van der Waals surface area (Å²) in [5, 5.41) is 17.2. The summed E-state index contributed by atoms with van der Waals surface area (Å²) in [7, 11) is 1.17. The van der Waals surface area contributed by atoms with E-state index in [-0.39, 0.29) is 47.9 Å². The Labute approximate surface area is 253 Å². The van der Waals surface area contributed by atoms with E-state index in [0.717, 1.165) is 9.80 Å². The average molecular weight is 638 g/mol. The molecule has 1 aromatic rings. The number of ketones is 1. The van der Waals surface area contributed by atoms with Gasteiger partial charge in [0, 0.05) is 31.7 Å². The molecule has 1 unspecified atom stereocenters. The Morgan fingerprint density at radius 3 is 2.14 bits per heavy atom. The van der Waals surface area contributed by atoms with Crippen LogP contribution in [-0.2, 0) is 14.3 Å². The average Bonchev–Trinajstić information content (AvgIpc) is 2.87. The highest BCUT2D eigenvalue weighted by molar-refractivity contribution is 6.39. The van der Waals surface area contributed by atoms with E-state index < -0.39 is 64.8 Å². The minimum absolute atomic E-state index is 0.0947. The van der Waals surface area contributed by atoms with Gasteiger partial charge in [-0.2, -0.15) is 13.2 Å². The van der Waals surface area contributed by atoms with E-state index in [1.165, 1.54) is 26.4 Å². The minimum atomic E-state index is -5.05. The Kier molecular flexibility index (Phi) is 11.6. The van der Waals surface area contributed by atoms with Crippen molar-refractivity contribution in [1.29, 1.82) is 5.41 Å². The summed E-state index contributed by atoms with van der Waals surface area (Å²) in [5.74, 6) is -2.98. The van der Waals surface area contributed by atoms with Crippen LogP contribution in [0, 0.1) is 10.8 Å². The number of aliphatic carboxylic acids is 1.